The van der Waals surface area contributed by atoms with Crippen LogP contribution in [0, 0.1) is 0 Å². The van der Waals surface area contributed by atoms with Crippen molar-refractivity contribution >= 4 is 5.91 Å². The molecule has 0 spiro atoms. The molecule has 1 aliphatic heterocycles. The lowest BCUT2D eigenvalue weighted by molar-refractivity contribution is -0.122. The first kappa shape index (κ1) is 16.4. The molecule has 0 aromatic rings. The van der Waals surface area contributed by atoms with Gasteiger partial charge in [0, 0.05) is 25.7 Å². The van der Waals surface area contributed by atoms with Gasteiger partial charge in [0.05, 0.1) is 12.6 Å². The molecule has 5 heteroatoms. The number of nitrogens with zero attached hydrogens (tertiary/aromatic N) is 1. The Morgan fingerprint density at radius 1 is 1.47 bits per heavy atom. The van der Waals surface area contributed by atoms with E-state index in [1.807, 2.05) is 20.9 Å². The number of likely N-dealkylation sites (tertiary alicyclic amines) is 1. The Morgan fingerprint density at radius 2 is 2.26 bits per heavy atom. The van der Waals surface area contributed by atoms with E-state index in [0.29, 0.717) is 25.7 Å². The van der Waals surface area contributed by atoms with Gasteiger partial charge in [0.1, 0.15) is 0 Å². The number of piperidine rings is 1. The second-order valence-corrected chi connectivity index (χ2v) is 5.49. The smallest absolute Gasteiger partial charge is 0.234 e. The highest BCUT2D eigenvalue weighted by atomic mass is 16.5. The fourth-order valence-corrected chi connectivity index (χ4v) is 2.31. The summed E-state index contributed by atoms with van der Waals surface area (Å²) in [6, 6.07) is 0.529. The third-order valence-electron chi connectivity index (χ3n) is 3.38. The number of carbonyl (C=O) groups is 1. The van der Waals surface area contributed by atoms with E-state index >= 15 is 0 Å². The van der Waals surface area contributed by atoms with Crippen molar-refractivity contribution in [3.8, 4) is 0 Å². The van der Waals surface area contributed by atoms with Crippen LogP contribution in [0.5, 0.6) is 0 Å². The lowest BCUT2D eigenvalue weighted by Gasteiger charge is -2.31. The van der Waals surface area contributed by atoms with E-state index in [2.05, 4.69) is 15.5 Å². The Labute approximate surface area is 117 Å². The molecule has 1 rings (SSSR count). The molecule has 0 aromatic carbocycles. The third-order valence-corrected chi connectivity index (χ3v) is 3.38. The van der Waals surface area contributed by atoms with E-state index in [-0.39, 0.29) is 12.0 Å². The normalized spacial score (nSPS) is 20.7. The van der Waals surface area contributed by atoms with E-state index < -0.39 is 0 Å². The summed E-state index contributed by atoms with van der Waals surface area (Å²) in [6.45, 7) is 7.98. The Balaban J connectivity index is 2.07. The van der Waals surface area contributed by atoms with Gasteiger partial charge in [-0.15, -0.1) is 0 Å². The first-order valence-electron chi connectivity index (χ1n) is 7.39. The van der Waals surface area contributed by atoms with Gasteiger partial charge < -0.3 is 15.4 Å². The van der Waals surface area contributed by atoms with Gasteiger partial charge in [0.15, 0.2) is 0 Å². The predicted octanol–water partition coefficient (Wildman–Crippen LogP) is 0.602. The number of nitrogens with one attached hydrogen (secondary N) is 2. The molecule has 1 saturated heterocycles. The van der Waals surface area contributed by atoms with Crippen molar-refractivity contribution in [1.82, 2.24) is 15.5 Å². The van der Waals surface area contributed by atoms with Gasteiger partial charge in [-0.3, -0.25) is 9.69 Å². The van der Waals surface area contributed by atoms with Crippen LogP contribution < -0.4 is 10.6 Å². The van der Waals surface area contributed by atoms with Crippen LogP contribution in [0.15, 0.2) is 0 Å². The van der Waals surface area contributed by atoms with Gasteiger partial charge in [-0.1, -0.05) is 0 Å². The van der Waals surface area contributed by atoms with Gasteiger partial charge in [-0.25, -0.2) is 0 Å². The fourth-order valence-electron chi connectivity index (χ4n) is 2.31. The van der Waals surface area contributed by atoms with E-state index in [1.165, 1.54) is 12.8 Å². The molecule has 1 heterocycles. The van der Waals surface area contributed by atoms with Crippen molar-refractivity contribution in [1.29, 1.82) is 0 Å². The summed E-state index contributed by atoms with van der Waals surface area (Å²) in [5.41, 5.74) is 0. The number of hydrogen-bond donors (Lipinski definition) is 2. The molecular weight excluding hydrogens is 242 g/mol. The minimum atomic E-state index is 0.126. The molecule has 1 amide bonds. The maximum atomic E-state index is 11.8. The van der Waals surface area contributed by atoms with E-state index in [9.17, 15) is 4.79 Å². The lowest BCUT2D eigenvalue weighted by atomic mass is 10.1. The topological polar surface area (TPSA) is 53.6 Å². The Morgan fingerprint density at radius 3 is 2.95 bits per heavy atom. The monoisotopic (exact) mass is 271 g/mol. The van der Waals surface area contributed by atoms with Crippen LogP contribution in [-0.4, -0.2) is 62.8 Å². The molecule has 19 heavy (non-hydrogen) atoms. The highest BCUT2D eigenvalue weighted by Gasteiger charge is 2.19. The van der Waals surface area contributed by atoms with E-state index in [0.717, 1.165) is 19.5 Å². The number of ether oxygens (including phenoxy) is 1. The van der Waals surface area contributed by atoms with E-state index in [4.69, 9.17) is 4.74 Å². The number of carbonyl (C=O) groups excluding carboxylic acids is 1. The summed E-state index contributed by atoms with van der Waals surface area (Å²) in [4.78, 5) is 14.0. The zero-order valence-electron chi connectivity index (χ0n) is 12.6. The minimum absolute atomic E-state index is 0.126. The second kappa shape index (κ2) is 9.28. The molecule has 0 radical (unpaired) electrons. The molecule has 5 nitrogen and oxygen atoms in total. The summed E-state index contributed by atoms with van der Waals surface area (Å²) >= 11 is 0. The summed E-state index contributed by atoms with van der Waals surface area (Å²) in [6.07, 6.45) is 3.52. The van der Waals surface area contributed by atoms with Gasteiger partial charge >= 0.3 is 0 Å². The molecule has 1 unspecified atom stereocenters. The van der Waals surface area contributed by atoms with Crippen LogP contribution in [0.1, 0.15) is 33.1 Å². The SMILES string of the molecule is CNC1CCCN(CC(=O)NCCCOC(C)C)C1. The average molecular weight is 271 g/mol. The van der Waals surface area contributed by atoms with Crippen molar-refractivity contribution in [2.45, 2.75) is 45.3 Å². The molecule has 1 aliphatic rings. The molecule has 2 N–H and O–H groups in total. The zero-order valence-corrected chi connectivity index (χ0v) is 12.6. The van der Waals surface area contributed by atoms with Crippen molar-refractivity contribution in [3.63, 3.8) is 0 Å². The summed E-state index contributed by atoms with van der Waals surface area (Å²) in [7, 11) is 1.99. The third kappa shape index (κ3) is 7.50. The standard InChI is InChI=1S/C14H29N3O2/c1-12(2)19-9-5-7-16-14(18)11-17-8-4-6-13(10-17)15-3/h12-13,15H,4-11H2,1-3H3,(H,16,18). The second-order valence-electron chi connectivity index (χ2n) is 5.49. The van der Waals surface area contributed by atoms with Crippen LogP contribution in [0.4, 0.5) is 0 Å². The lowest BCUT2D eigenvalue weighted by Crippen LogP contribution is -2.48. The number of amides is 1. The average Bonchev–Trinajstić information content (AvgIpc) is 2.38. The Hall–Kier alpha value is -0.650. The van der Waals surface area contributed by atoms with Crippen LogP contribution in [0.2, 0.25) is 0 Å². The number of likely N-dealkylation sites (N-methyl/N-ethyl adjacent to an activating group) is 1. The minimum Gasteiger partial charge on any atom is -0.379 e. The largest absolute Gasteiger partial charge is 0.379 e. The van der Waals surface area contributed by atoms with Crippen LogP contribution in [0.3, 0.4) is 0 Å². The molecule has 0 saturated carbocycles. The molecule has 112 valence electrons. The quantitative estimate of drug-likeness (QED) is 0.635. The molecule has 0 aromatic heterocycles. The highest BCUT2D eigenvalue weighted by Crippen LogP contribution is 2.08. The molecule has 1 atom stereocenters. The summed E-state index contributed by atoms with van der Waals surface area (Å²) in [5.74, 6) is 0.126. The van der Waals surface area contributed by atoms with Crippen molar-refractivity contribution in [2.75, 3.05) is 39.8 Å². The maximum absolute atomic E-state index is 11.8. The van der Waals surface area contributed by atoms with Crippen molar-refractivity contribution in [3.05, 3.63) is 0 Å². The Kier molecular flexibility index (Phi) is 8.02. The van der Waals surface area contributed by atoms with Gasteiger partial charge in [-0.2, -0.15) is 0 Å². The molecule has 0 bridgehead atoms. The summed E-state index contributed by atoms with van der Waals surface area (Å²) < 4.78 is 5.43. The summed E-state index contributed by atoms with van der Waals surface area (Å²) in [5, 5.41) is 6.24. The Bertz CT molecular complexity index is 259. The van der Waals surface area contributed by atoms with Gasteiger partial charge in [-0.05, 0) is 46.7 Å². The van der Waals surface area contributed by atoms with E-state index in [1.54, 1.807) is 0 Å². The van der Waals surface area contributed by atoms with Crippen LogP contribution >= 0.6 is 0 Å². The fraction of sp³-hybridized carbons (Fsp3) is 0.929. The zero-order chi connectivity index (χ0) is 14.1. The van der Waals surface area contributed by atoms with Gasteiger partial charge in [0.25, 0.3) is 0 Å². The first-order chi connectivity index (χ1) is 9.11. The molecule has 1 fully saturated rings. The maximum Gasteiger partial charge on any atom is 0.234 e. The van der Waals surface area contributed by atoms with Gasteiger partial charge in [0.2, 0.25) is 5.91 Å². The molecule has 0 aliphatic carbocycles. The van der Waals surface area contributed by atoms with Crippen LogP contribution in [-0.2, 0) is 9.53 Å². The predicted molar refractivity (Wildman–Crippen MR) is 77.2 cm³/mol. The van der Waals surface area contributed by atoms with Crippen molar-refractivity contribution < 1.29 is 9.53 Å². The highest BCUT2D eigenvalue weighted by molar-refractivity contribution is 5.77. The number of hydrogen-bond acceptors (Lipinski definition) is 4. The van der Waals surface area contributed by atoms with Crippen LogP contribution in [0.25, 0.3) is 0 Å². The van der Waals surface area contributed by atoms with Crippen molar-refractivity contribution in [2.24, 2.45) is 0 Å². The number of rotatable bonds is 8. The molecular formula is C14H29N3O2. The first-order valence-corrected chi connectivity index (χ1v) is 7.39.